The molecule has 1 heteroatoms. The first kappa shape index (κ1) is 41.3. The van der Waals surface area contributed by atoms with Gasteiger partial charge in [-0.05, 0) is 190 Å². The molecule has 0 spiro atoms. The van der Waals surface area contributed by atoms with Gasteiger partial charge in [0.15, 0.2) is 0 Å². The van der Waals surface area contributed by atoms with Crippen molar-refractivity contribution in [2.24, 2.45) is 59.2 Å². The lowest BCUT2D eigenvalue weighted by atomic mass is 9.57. The molecule has 1 aromatic carbocycles. The van der Waals surface area contributed by atoms with Gasteiger partial charge in [0.25, 0.3) is 0 Å². The van der Waals surface area contributed by atoms with Crippen molar-refractivity contribution in [3.8, 4) is 0 Å². The van der Waals surface area contributed by atoms with Crippen LogP contribution >= 0.6 is 0 Å². The highest BCUT2D eigenvalue weighted by atomic mass is 15.3. The molecular formula is C62H79N. The van der Waals surface area contributed by atoms with Gasteiger partial charge >= 0.3 is 0 Å². The van der Waals surface area contributed by atoms with Crippen LogP contribution in [0.3, 0.4) is 0 Å². The predicted molar refractivity (Wildman–Crippen MR) is 265 cm³/mol. The molecule has 0 amide bonds. The van der Waals surface area contributed by atoms with Crippen LogP contribution in [0.25, 0.3) is 5.57 Å². The summed E-state index contributed by atoms with van der Waals surface area (Å²) >= 11 is 0. The topological polar surface area (TPSA) is 3.24 Å². The van der Waals surface area contributed by atoms with Crippen molar-refractivity contribution in [2.45, 2.75) is 178 Å². The molecule has 1 aliphatic heterocycles. The van der Waals surface area contributed by atoms with Gasteiger partial charge in [-0.15, -0.1) is 0 Å². The highest BCUT2D eigenvalue weighted by Crippen LogP contribution is 2.55. The summed E-state index contributed by atoms with van der Waals surface area (Å²) in [7, 11) is 0. The number of hydrogen-bond donors (Lipinski definition) is 0. The Labute approximate surface area is 382 Å². The number of allylic oxidation sites excluding steroid dienone is 14. The van der Waals surface area contributed by atoms with Crippen molar-refractivity contribution in [3.63, 3.8) is 0 Å². The van der Waals surface area contributed by atoms with Crippen LogP contribution in [0.15, 0.2) is 120 Å². The molecule has 0 N–H and O–H groups in total. The zero-order chi connectivity index (χ0) is 41.7. The van der Waals surface area contributed by atoms with Crippen molar-refractivity contribution in [3.05, 3.63) is 137 Å². The monoisotopic (exact) mass is 838 g/mol. The second-order valence-electron chi connectivity index (χ2n) is 23.1. The Balaban J connectivity index is 0.763. The fraction of sp³-hybridized carbons (Fsp3) is 0.613. The highest BCUT2D eigenvalue weighted by Gasteiger charge is 2.50. The molecule has 10 unspecified atom stereocenters. The fourth-order valence-electron chi connectivity index (χ4n) is 16.9. The quantitative estimate of drug-likeness (QED) is 0.247. The second-order valence-corrected chi connectivity index (χ2v) is 23.1. The molecule has 63 heavy (non-hydrogen) atoms. The zero-order valence-electron chi connectivity index (χ0n) is 38.8. The summed E-state index contributed by atoms with van der Waals surface area (Å²) in [4.78, 5) is 3.03. The normalized spacial score (nSPS) is 40.2. The maximum absolute atomic E-state index is 3.03. The van der Waals surface area contributed by atoms with Crippen LogP contribution in [-0.4, -0.2) is 23.0 Å². The molecule has 1 aromatic rings. The zero-order valence-corrected chi connectivity index (χ0v) is 38.8. The molecule has 1 nitrogen and oxygen atoms in total. The second kappa shape index (κ2) is 18.3. The molecule has 0 aromatic heterocycles. The van der Waals surface area contributed by atoms with E-state index in [0.29, 0.717) is 29.8 Å². The van der Waals surface area contributed by atoms with E-state index in [2.05, 4.69) is 108 Å². The summed E-state index contributed by atoms with van der Waals surface area (Å²) < 4.78 is 0. The average Bonchev–Trinajstić information content (AvgIpc) is 3.70. The predicted octanol–water partition coefficient (Wildman–Crippen LogP) is 15.9. The van der Waals surface area contributed by atoms with Gasteiger partial charge in [0.05, 0.1) is 0 Å². The van der Waals surface area contributed by atoms with E-state index in [4.69, 9.17) is 0 Å². The van der Waals surface area contributed by atoms with Crippen LogP contribution in [0.2, 0.25) is 0 Å². The largest absolute Gasteiger partial charge is 0.286 e. The molecule has 12 rings (SSSR count). The summed E-state index contributed by atoms with van der Waals surface area (Å²) in [5.41, 5.74) is 11.6. The first-order chi connectivity index (χ1) is 31.2. The molecule has 0 radical (unpaired) electrons. The van der Waals surface area contributed by atoms with Crippen LogP contribution in [0.5, 0.6) is 0 Å². The number of rotatable bonds is 7. The van der Waals surface area contributed by atoms with E-state index in [1.165, 1.54) is 164 Å². The molecule has 5 fully saturated rings. The first-order valence-corrected chi connectivity index (χ1v) is 27.3. The van der Waals surface area contributed by atoms with Crippen LogP contribution in [0.4, 0.5) is 0 Å². The Bertz CT molecular complexity index is 2110. The number of nitrogens with zero attached hydrogens (tertiary/aromatic N) is 1. The molecule has 11 aliphatic rings. The first-order valence-electron chi connectivity index (χ1n) is 27.3. The van der Waals surface area contributed by atoms with Crippen molar-refractivity contribution in [1.82, 2.24) is 4.90 Å². The SMILES string of the molecule is C1=CCC(C2=CCC(N3C4C=C(c5ccc6c(c5)C[C@H](C5CCC(C7CC(C8CCCCC8)=CC(C8=CCCC=C8)C7)CC5)C5CCCCC65)C=CC4C4CCCCC43)C=C2)C=C1. The summed E-state index contributed by atoms with van der Waals surface area (Å²) in [6, 6.07) is 9.70. The molecular weight excluding hydrogens is 759 g/mol. The maximum atomic E-state index is 3.03. The molecule has 11 atom stereocenters. The Hall–Kier alpha value is -3.16. The van der Waals surface area contributed by atoms with E-state index in [0.717, 1.165) is 59.8 Å². The maximum Gasteiger partial charge on any atom is 0.0362 e. The molecule has 0 bridgehead atoms. The van der Waals surface area contributed by atoms with Gasteiger partial charge < -0.3 is 0 Å². The van der Waals surface area contributed by atoms with E-state index < -0.39 is 0 Å². The van der Waals surface area contributed by atoms with Crippen molar-refractivity contribution in [2.75, 3.05) is 0 Å². The highest BCUT2D eigenvalue weighted by molar-refractivity contribution is 5.77. The summed E-state index contributed by atoms with van der Waals surface area (Å²) in [6.07, 6.45) is 69.1. The van der Waals surface area contributed by atoms with Gasteiger partial charge in [-0.3, -0.25) is 4.90 Å². The molecule has 4 saturated carbocycles. The van der Waals surface area contributed by atoms with Gasteiger partial charge in [0.1, 0.15) is 0 Å². The van der Waals surface area contributed by atoms with Crippen LogP contribution in [-0.2, 0) is 6.42 Å². The van der Waals surface area contributed by atoms with Gasteiger partial charge in [-0.1, -0.05) is 154 Å². The third kappa shape index (κ3) is 8.14. The van der Waals surface area contributed by atoms with Gasteiger partial charge in [-0.25, -0.2) is 0 Å². The number of hydrogen-bond acceptors (Lipinski definition) is 1. The fourth-order valence-corrected chi connectivity index (χ4v) is 16.9. The van der Waals surface area contributed by atoms with Gasteiger partial charge in [0, 0.05) is 35.9 Å². The minimum atomic E-state index is 0.519. The minimum absolute atomic E-state index is 0.519. The summed E-state index contributed by atoms with van der Waals surface area (Å²) in [5.74, 6) is 8.96. The van der Waals surface area contributed by atoms with Crippen LogP contribution < -0.4 is 0 Å². The molecule has 332 valence electrons. The van der Waals surface area contributed by atoms with E-state index in [-0.39, 0.29) is 0 Å². The smallest absolute Gasteiger partial charge is 0.0362 e. The summed E-state index contributed by atoms with van der Waals surface area (Å²) in [6.45, 7) is 0. The van der Waals surface area contributed by atoms with Crippen molar-refractivity contribution >= 4 is 5.57 Å². The molecule has 1 heterocycles. The van der Waals surface area contributed by atoms with Crippen molar-refractivity contribution in [1.29, 1.82) is 0 Å². The minimum Gasteiger partial charge on any atom is -0.286 e. The van der Waals surface area contributed by atoms with Crippen molar-refractivity contribution < 1.29 is 0 Å². The van der Waals surface area contributed by atoms with Gasteiger partial charge in [-0.2, -0.15) is 0 Å². The number of likely N-dealkylation sites (tertiary alicyclic amines) is 1. The Morgan fingerprint density at radius 2 is 1.38 bits per heavy atom. The van der Waals surface area contributed by atoms with E-state index >= 15 is 0 Å². The number of benzene rings is 1. The Kier molecular flexibility index (Phi) is 12.0. The third-order valence-electron chi connectivity index (χ3n) is 20.0. The average molecular weight is 838 g/mol. The van der Waals surface area contributed by atoms with E-state index in [1.54, 1.807) is 16.7 Å². The van der Waals surface area contributed by atoms with Crippen LogP contribution in [0, 0.1) is 59.2 Å². The lowest BCUT2D eigenvalue weighted by Crippen LogP contribution is -2.45. The molecule has 10 aliphatic carbocycles. The molecule has 1 saturated heterocycles. The number of fused-ring (bicyclic) bond motifs is 6. The van der Waals surface area contributed by atoms with E-state index in [9.17, 15) is 0 Å². The lowest BCUT2D eigenvalue weighted by molar-refractivity contribution is 0.0839. The van der Waals surface area contributed by atoms with E-state index in [1.807, 2.05) is 5.57 Å². The Morgan fingerprint density at radius 3 is 2.21 bits per heavy atom. The third-order valence-corrected chi connectivity index (χ3v) is 20.0. The van der Waals surface area contributed by atoms with Crippen LogP contribution in [0.1, 0.15) is 170 Å². The lowest BCUT2D eigenvalue weighted by Gasteiger charge is -2.48. The van der Waals surface area contributed by atoms with Gasteiger partial charge in [0.2, 0.25) is 0 Å². The Morgan fingerprint density at radius 1 is 0.556 bits per heavy atom. The standard InChI is InChI=1S/C62H79N/c1-4-14-42(15-5-1)45-28-32-54(33-29-45)63-61-23-13-12-22-58(61)59-35-31-49(41-62(59)63)48-30-34-55-53(36-48)40-60(57-21-11-10-20-56(55)57)47-26-24-46(25-27-47)52-38-50(43-16-6-2-7-17-43)37-51(39-52)44-18-8-3-9-19-44/h1,4-6,14,16-17,28-32,34-37,41-42,44,46-47,50,52,54,56-62H,2-3,7-13,15,18-27,33,38-40H2/t42?,46?,47?,50?,52?,54?,56?,57?,58?,59?,60-,61?,62?/m1/s1. The summed E-state index contributed by atoms with van der Waals surface area (Å²) in [5, 5.41) is 0.